The van der Waals surface area contributed by atoms with E-state index in [2.05, 4.69) is 0 Å². The molecule has 38 valence electrons. The molecule has 0 heterocycles. The van der Waals surface area contributed by atoms with Crippen LogP contribution in [0.4, 0.5) is 0 Å². The zero-order valence-corrected chi connectivity index (χ0v) is 7.05. The molecule has 0 rings (SSSR count). The molecule has 0 bridgehead atoms. The third kappa shape index (κ3) is 87.7. The second-order valence-corrected chi connectivity index (χ2v) is 0.848. The summed E-state index contributed by atoms with van der Waals surface area (Å²) in [5.74, 6) is 0. The minimum atomic E-state index is -3.13. The summed E-state index contributed by atoms with van der Waals surface area (Å²) in [5.41, 5.74) is 0. The number of hydrogen-bond donors (Lipinski definition) is 2. The molecule has 0 aromatic rings. The topological polar surface area (TPSA) is 57.5 Å². The summed E-state index contributed by atoms with van der Waals surface area (Å²) in [4.78, 5) is 14.3. The Kier molecular flexibility index (Phi) is 52.2. The smallest absolute Gasteiger partial charge is 1.00 e. The monoisotopic (exact) mass is 160 g/mol. The molecular formula is H9AlMg2O3Si. The van der Waals surface area contributed by atoms with Gasteiger partial charge in [-0.3, -0.25) is 4.46 Å². The van der Waals surface area contributed by atoms with Gasteiger partial charge in [-0.25, -0.2) is 0 Å². The van der Waals surface area contributed by atoms with Gasteiger partial charge in [-0.05, 0) is 0 Å². The van der Waals surface area contributed by atoms with Crippen LogP contribution in [0.25, 0.3) is 0 Å². The maximum absolute atomic E-state index is 8.74. The van der Waals surface area contributed by atoms with Crippen LogP contribution in [0, 0.1) is 0 Å². The van der Waals surface area contributed by atoms with Crippen LogP contribution < -0.4 is 0 Å². The fraction of sp³-hybridized carbons (Fsp3) is 0. The first-order chi connectivity index (χ1) is 1.73. The Morgan fingerprint density at radius 3 is 1.29 bits per heavy atom. The van der Waals surface area contributed by atoms with E-state index in [4.69, 9.17) is 14.1 Å². The molecule has 0 aromatic carbocycles. The summed E-state index contributed by atoms with van der Waals surface area (Å²) in [6.45, 7) is 0. The van der Waals surface area contributed by atoms with E-state index >= 15 is 0 Å². The Hall–Kier alpha value is 1.68. The van der Waals surface area contributed by atoms with Gasteiger partial charge in [-0.1, -0.05) is 0 Å². The van der Waals surface area contributed by atoms with Crippen molar-refractivity contribution in [2.45, 2.75) is 0 Å². The molecule has 0 fully saturated rings. The van der Waals surface area contributed by atoms with E-state index in [0.717, 1.165) is 0 Å². The first-order valence-electron chi connectivity index (χ1n) is 0.651. The average molecular weight is 161 g/mol. The molecule has 0 aliphatic rings. The van der Waals surface area contributed by atoms with E-state index in [-0.39, 0.29) is 69.2 Å². The zero-order valence-electron chi connectivity index (χ0n) is 7.22. The summed E-state index contributed by atoms with van der Waals surface area (Å²) in [6, 6.07) is 0. The van der Waals surface area contributed by atoms with Gasteiger partial charge in [-0.15, -0.1) is 0 Å². The Morgan fingerprint density at radius 1 is 1.29 bits per heavy atom. The van der Waals surface area contributed by atoms with Crippen molar-refractivity contribution in [1.29, 1.82) is 0 Å². The molecule has 0 saturated carbocycles. The summed E-state index contributed by atoms with van der Waals surface area (Å²) in [6.07, 6.45) is 0. The van der Waals surface area contributed by atoms with Crippen molar-refractivity contribution in [3.8, 4) is 0 Å². The van der Waals surface area contributed by atoms with Crippen molar-refractivity contribution in [3.63, 3.8) is 0 Å². The van der Waals surface area contributed by atoms with E-state index in [9.17, 15) is 0 Å². The summed E-state index contributed by atoms with van der Waals surface area (Å²) >= 11 is 0. The number of hydrogen-bond acceptors (Lipinski definition) is 1. The van der Waals surface area contributed by atoms with Gasteiger partial charge >= 0.3 is 55.3 Å². The first-order valence-corrected chi connectivity index (χ1v) is 1.95. The standard InChI is InChI=1S/Al.2Mg.H2O3Si.7H/c;;;1-4(2)3;;;;;;;/h;;;1-2H;;;;;;;/q;2*+2;;;;;4*-1. The Balaban J connectivity index is -0.00000000214. The normalized spacial score (nSPS) is 3.43. The van der Waals surface area contributed by atoms with Gasteiger partial charge < -0.3 is 15.3 Å². The van der Waals surface area contributed by atoms with Gasteiger partial charge in [0.2, 0.25) is 0 Å². The van der Waals surface area contributed by atoms with Crippen LogP contribution in [-0.2, 0) is 4.46 Å². The molecule has 3 nitrogen and oxygen atoms in total. The van der Waals surface area contributed by atoms with Gasteiger partial charge in [-0.2, -0.15) is 0 Å². The van der Waals surface area contributed by atoms with Crippen molar-refractivity contribution in [3.05, 3.63) is 0 Å². The average Bonchev–Trinajstić information content (AvgIpc) is 0.811. The van der Waals surface area contributed by atoms with Crippen LogP contribution in [0.3, 0.4) is 0 Å². The third-order valence-corrected chi connectivity index (χ3v) is 0. The molecular weight excluding hydrogens is 152 g/mol. The number of rotatable bonds is 0. The molecule has 7 heteroatoms. The molecule has 7 heavy (non-hydrogen) atoms. The maximum Gasteiger partial charge on any atom is 2.00 e. The second kappa shape index (κ2) is 15.6. The van der Waals surface area contributed by atoms with Crippen molar-refractivity contribution in [2.75, 3.05) is 0 Å². The van der Waals surface area contributed by atoms with Crippen molar-refractivity contribution < 1.29 is 19.8 Å². The molecule has 0 aliphatic heterocycles. The minimum Gasteiger partial charge on any atom is -1.00 e. The maximum atomic E-state index is 8.74. The Morgan fingerprint density at radius 2 is 1.29 bits per heavy atom. The largest absolute Gasteiger partial charge is 2.00 e. The Labute approximate surface area is 91.8 Å². The molecule has 0 atom stereocenters. The SMILES string of the molecule is O=[Si](O)O.[AlH3].[H-].[H-].[H-].[H-].[Mg+2].[Mg+2]. The van der Waals surface area contributed by atoms with Crippen LogP contribution in [0.5, 0.6) is 0 Å². The molecule has 0 aliphatic carbocycles. The molecule has 0 amide bonds. The molecule has 0 aromatic heterocycles. The van der Waals surface area contributed by atoms with Crippen LogP contribution in [0.15, 0.2) is 0 Å². The fourth-order valence-corrected chi connectivity index (χ4v) is 0. The Bertz CT molecular complexity index is 46.3. The van der Waals surface area contributed by atoms with E-state index in [1.165, 1.54) is 0 Å². The van der Waals surface area contributed by atoms with Crippen molar-refractivity contribution in [1.82, 2.24) is 0 Å². The molecule has 0 unspecified atom stereocenters. The third-order valence-electron chi connectivity index (χ3n) is 0. The summed E-state index contributed by atoms with van der Waals surface area (Å²) < 4.78 is 8.74. The van der Waals surface area contributed by atoms with Crippen molar-refractivity contribution >= 4 is 72.6 Å². The van der Waals surface area contributed by atoms with E-state index in [0.29, 0.717) is 0 Å². The van der Waals surface area contributed by atoms with Gasteiger partial charge in [0.1, 0.15) is 0 Å². The minimum absolute atomic E-state index is 0. The molecule has 0 saturated heterocycles. The van der Waals surface area contributed by atoms with E-state index in [1.54, 1.807) is 0 Å². The zero-order chi connectivity index (χ0) is 3.58. The van der Waals surface area contributed by atoms with E-state index in [1.807, 2.05) is 0 Å². The van der Waals surface area contributed by atoms with Gasteiger partial charge in [0.15, 0.2) is 17.4 Å². The fourth-order valence-electron chi connectivity index (χ4n) is 0. The molecule has 0 radical (unpaired) electrons. The quantitative estimate of drug-likeness (QED) is 0.369. The predicted octanol–water partition coefficient (Wildman–Crippen LogP) is -3.11. The summed E-state index contributed by atoms with van der Waals surface area (Å²) in [7, 11) is -3.13. The van der Waals surface area contributed by atoms with Crippen LogP contribution in [0.1, 0.15) is 5.71 Å². The van der Waals surface area contributed by atoms with Gasteiger partial charge in [0.25, 0.3) is 0 Å². The van der Waals surface area contributed by atoms with Gasteiger partial charge in [0, 0.05) is 0 Å². The molecule has 2 N–H and O–H groups in total. The molecule has 0 spiro atoms. The predicted molar refractivity (Wildman–Crippen MR) is 36.8 cm³/mol. The van der Waals surface area contributed by atoms with Crippen LogP contribution in [0.2, 0.25) is 0 Å². The van der Waals surface area contributed by atoms with Crippen molar-refractivity contribution in [2.24, 2.45) is 0 Å². The van der Waals surface area contributed by atoms with E-state index < -0.39 is 9.17 Å². The summed E-state index contributed by atoms with van der Waals surface area (Å²) in [5, 5.41) is 0. The van der Waals surface area contributed by atoms with Crippen LogP contribution >= 0.6 is 0 Å². The first kappa shape index (κ1) is 23.4. The van der Waals surface area contributed by atoms with Gasteiger partial charge in [0.05, 0.1) is 0 Å². The van der Waals surface area contributed by atoms with Crippen LogP contribution in [-0.4, -0.2) is 82.2 Å². The second-order valence-electron chi connectivity index (χ2n) is 0.283.